The minimum atomic E-state index is 0.541. The molecule has 0 saturated heterocycles. The van der Waals surface area contributed by atoms with Gasteiger partial charge >= 0.3 is 0 Å². The molecule has 2 aromatic heterocycles. The van der Waals surface area contributed by atoms with Crippen LogP contribution in [0.5, 0.6) is 5.88 Å². The molecular weight excluding hydrogens is 246 g/mol. The first-order valence-corrected chi connectivity index (χ1v) is 5.12. The van der Waals surface area contributed by atoms with Crippen molar-refractivity contribution in [1.29, 1.82) is 0 Å². The molecule has 0 amide bonds. The summed E-state index contributed by atoms with van der Waals surface area (Å²) in [4.78, 5) is 8.58. The summed E-state index contributed by atoms with van der Waals surface area (Å²) in [6.45, 7) is 2.07. The third-order valence-corrected chi connectivity index (χ3v) is 2.37. The Morgan fingerprint density at radius 2 is 2.21 bits per heavy atom. The largest absolute Gasteiger partial charge is 0.478 e. The predicted octanol–water partition coefficient (Wildman–Crippen LogP) is 2.06. The lowest BCUT2D eigenvalue weighted by Crippen LogP contribution is -1.94. The van der Waals surface area contributed by atoms with Crippen molar-refractivity contribution in [3.63, 3.8) is 0 Å². The number of hydrogen-bond acceptors (Lipinski definition) is 3. The third kappa shape index (κ3) is 1.48. The zero-order valence-electron chi connectivity index (χ0n) is 7.99. The first-order valence-electron chi connectivity index (χ1n) is 4.32. The summed E-state index contributed by atoms with van der Waals surface area (Å²) in [6, 6.07) is 0. The molecule has 0 atom stereocenters. The average Bonchev–Trinajstić information content (AvgIpc) is 2.59. The van der Waals surface area contributed by atoms with Gasteiger partial charge < -0.3 is 4.74 Å². The molecule has 5 heteroatoms. The number of hydrogen-bond donors (Lipinski definition) is 0. The molecule has 0 N–H and O–H groups in total. The second-order valence-electron chi connectivity index (χ2n) is 2.89. The molecule has 0 saturated carbocycles. The van der Waals surface area contributed by atoms with E-state index >= 15 is 0 Å². The van der Waals surface area contributed by atoms with E-state index < -0.39 is 0 Å². The van der Waals surface area contributed by atoms with Crippen molar-refractivity contribution in [1.82, 2.24) is 14.4 Å². The van der Waals surface area contributed by atoms with Crippen LogP contribution in [0.25, 0.3) is 5.65 Å². The monoisotopic (exact) mass is 255 g/mol. The topological polar surface area (TPSA) is 39.4 Å². The molecule has 14 heavy (non-hydrogen) atoms. The molecule has 0 aliphatic heterocycles. The van der Waals surface area contributed by atoms with E-state index in [1.165, 1.54) is 0 Å². The zero-order chi connectivity index (χ0) is 10.1. The van der Waals surface area contributed by atoms with Gasteiger partial charge in [-0.1, -0.05) is 6.92 Å². The normalized spacial score (nSPS) is 10.8. The van der Waals surface area contributed by atoms with Crippen LogP contribution in [0, 0.1) is 0 Å². The van der Waals surface area contributed by atoms with Gasteiger partial charge in [0.2, 0.25) is 5.65 Å². The van der Waals surface area contributed by atoms with Crippen LogP contribution in [0.1, 0.15) is 12.6 Å². The SMILES string of the molecule is CCc1cn2cc(Br)nc(OC)c2n1. The Morgan fingerprint density at radius 3 is 2.86 bits per heavy atom. The van der Waals surface area contributed by atoms with Crippen LogP contribution in [-0.2, 0) is 6.42 Å². The van der Waals surface area contributed by atoms with E-state index in [1.807, 2.05) is 16.8 Å². The number of nitrogens with zero attached hydrogens (tertiary/aromatic N) is 3. The van der Waals surface area contributed by atoms with Gasteiger partial charge in [0.05, 0.1) is 12.8 Å². The van der Waals surface area contributed by atoms with Crippen LogP contribution in [0.4, 0.5) is 0 Å². The summed E-state index contributed by atoms with van der Waals surface area (Å²) in [6.07, 6.45) is 4.75. The quantitative estimate of drug-likeness (QED) is 0.825. The number of methoxy groups -OCH3 is 1. The molecular formula is C9H10BrN3O. The molecule has 0 spiro atoms. The van der Waals surface area contributed by atoms with Crippen molar-refractivity contribution in [3.05, 3.63) is 22.7 Å². The van der Waals surface area contributed by atoms with Gasteiger partial charge in [0.25, 0.3) is 5.88 Å². The van der Waals surface area contributed by atoms with Crippen molar-refractivity contribution in [2.24, 2.45) is 0 Å². The van der Waals surface area contributed by atoms with Crippen LogP contribution < -0.4 is 4.74 Å². The number of aromatic nitrogens is 3. The Bertz CT molecular complexity index is 466. The van der Waals surface area contributed by atoms with E-state index in [0.717, 1.165) is 22.4 Å². The lowest BCUT2D eigenvalue weighted by Gasteiger charge is -2.00. The summed E-state index contributed by atoms with van der Waals surface area (Å²) in [5.41, 5.74) is 1.79. The fourth-order valence-electron chi connectivity index (χ4n) is 1.30. The molecule has 2 rings (SSSR count). The highest BCUT2D eigenvalue weighted by Gasteiger charge is 2.08. The maximum Gasteiger partial charge on any atom is 0.259 e. The van der Waals surface area contributed by atoms with Crippen molar-refractivity contribution in [2.45, 2.75) is 13.3 Å². The number of aryl methyl sites for hydroxylation is 1. The first kappa shape index (κ1) is 9.45. The Morgan fingerprint density at radius 1 is 1.43 bits per heavy atom. The number of ether oxygens (including phenoxy) is 1. The molecule has 74 valence electrons. The summed E-state index contributed by atoms with van der Waals surface area (Å²) in [7, 11) is 1.59. The maximum absolute atomic E-state index is 5.14. The first-order chi connectivity index (χ1) is 6.74. The Kier molecular flexibility index (Phi) is 2.41. The van der Waals surface area contributed by atoms with Gasteiger partial charge in [-0.15, -0.1) is 0 Å². The number of rotatable bonds is 2. The van der Waals surface area contributed by atoms with Crippen LogP contribution in [-0.4, -0.2) is 21.5 Å². The minimum Gasteiger partial charge on any atom is -0.478 e. The molecule has 0 bridgehead atoms. The average molecular weight is 256 g/mol. The van der Waals surface area contributed by atoms with Gasteiger partial charge in [-0.05, 0) is 22.4 Å². The number of fused-ring (bicyclic) bond motifs is 1. The number of imidazole rings is 1. The lowest BCUT2D eigenvalue weighted by atomic mass is 10.4. The summed E-state index contributed by atoms with van der Waals surface area (Å²) >= 11 is 3.32. The molecule has 4 nitrogen and oxygen atoms in total. The van der Waals surface area contributed by atoms with Gasteiger partial charge in [0.1, 0.15) is 4.60 Å². The van der Waals surface area contributed by atoms with Crippen molar-refractivity contribution >= 4 is 21.6 Å². The molecule has 0 radical (unpaired) electrons. The standard InChI is InChI=1S/C9H10BrN3O/c1-3-6-4-13-5-7(10)12-9(14-2)8(13)11-6/h4-5H,3H2,1-2H3. The van der Waals surface area contributed by atoms with Gasteiger partial charge in [0.15, 0.2) is 0 Å². The van der Waals surface area contributed by atoms with Crippen LogP contribution >= 0.6 is 15.9 Å². The van der Waals surface area contributed by atoms with Crippen molar-refractivity contribution in [2.75, 3.05) is 7.11 Å². The van der Waals surface area contributed by atoms with E-state index in [1.54, 1.807) is 7.11 Å². The molecule has 2 aromatic rings. The highest BCUT2D eigenvalue weighted by atomic mass is 79.9. The highest BCUT2D eigenvalue weighted by molar-refractivity contribution is 9.10. The van der Waals surface area contributed by atoms with Crippen molar-refractivity contribution < 1.29 is 4.74 Å². The van der Waals surface area contributed by atoms with Crippen LogP contribution in [0.15, 0.2) is 17.0 Å². The zero-order valence-corrected chi connectivity index (χ0v) is 9.58. The summed E-state index contributed by atoms with van der Waals surface area (Å²) in [5.74, 6) is 0.541. The van der Waals surface area contributed by atoms with E-state index in [0.29, 0.717) is 5.88 Å². The minimum absolute atomic E-state index is 0.541. The molecule has 0 fully saturated rings. The highest BCUT2D eigenvalue weighted by Crippen LogP contribution is 2.19. The smallest absolute Gasteiger partial charge is 0.259 e. The van der Waals surface area contributed by atoms with Gasteiger partial charge in [-0.3, -0.25) is 4.40 Å². The Labute approximate surface area is 90.1 Å². The van der Waals surface area contributed by atoms with Gasteiger partial charge in [-0.2, -0.15) is 0 Å². The molecule has 0 aliphatic carbocycles. The van der Waals surface area contributed by atoms with Gasteiger partial charge in [0, 0.05) is 12.4 Å². The summed E-state index contributed by atoms with van der Waals surface area (Å²) in [5, 5.41) is 0. The predicted molar refractivity (Wildman–Crippen MR) is 56.6 cm³/mol. The Hall–Kier alpha value is -1.10. The molecule has 0 unspecified atom stereocenters. The molecule has 0 aliphatic rings. The van der Waals surface area contributed by atoms with E-state index in [4.69, 9.17) is 4.74 Å². The number of halogens is 1. The van der Waals surface area contributed by atoms with E-state index in [9.17, 15) is 0 Å². The maximum atomic E-state index is 5.14. The third-order valence-electron chi connectivity index (χ3n) is 1.98. The summed E-state index contributed by atoms with van der Waals surface area (Å²) < 4.78 is 7.79. The van der Waals surface area contributed by atoms with Crippen LogP contribution in [0.2, 0.25) is 0 Å². The second kappa shape index (κ2) is 3.57. The lowest BCUT2D eigenvalue weighted by molar-refractivity contribution is 0.399. The van der Waals surface area contributed by atoms with E-state index in [2.05, 4.69) is 32.8 Å². The van der Waals surface area contributed by atoms with Gasteiger partial charge in [-0.25, -0.2) is 9.97 Å². The van der Waals surface area contributed by atoms with Crippen LogP contribution in [0.3, 0.4) is 0 Å². The Balaban J connectivity index is 2.71. The van der Waals surface area contributed by atoms with E-state index in [-0.39, 0.29) is 0 Å². The van der Waals surface area contributed by atoms with Crippen molar-refractivity contribution in [3.8, 4) is 5.88 Å². The molecule has 2 heterocycles. The molecule has 0 aromatic carbocycles. The fourth-order valence-corrected chi connectivity index (χ4v) is 1.68. The second-order valence-corrected chi connectivity index (χ2v) is 3.70. The fraction of sp³-hybridized carbons (Fsp3) is 0.333.